The second kappa shape index (κ2) is 12.1. The molecule has 1 aliphatic carbocycles. The highest BCUT2D eigenvalue weighted by Gasteiger charge is 2.32. The average molecular weight is 482 g/mol. The van der Waals surface area contributed by atoms with Gasteiger partial charge in [-0.05, 0) is 44.1 Å². The van der Waals surface area contributed by atoms with E-state index in [4.69, 9.17) is 11.1 Å². The molecule has 2 aliphatic rings. The Labute approximate surface area is 207 Å². The van der Waals surface area contributed by atoms with E-state index in [9.17, 15) is 9.59 Å². The third-order valence-electron chi connectivity index (χ3n) is 7.33. The van der Waals surface area contributed by atoms with Crippen molar-refractivity contribution in [1.82, 2.24) is 25.8 Å². The summed E-state index contributed by atoms with van der Waals surface area (Å²) in [6.07, 6.45) is 10.2. The van der Waals surface area contributed by atoms with Crippen LogP contribution in [-0.4, -0.2) is 65.9 Å². The van der Waals surface area contributed by atoms with E-state index in [0.717, 1.165) is 30.3 Å². The molecule has 2 aromatic rings. The number of aromatic amines is 1. The van der Waals surface area contributed by atoms with Crippen LogP contribution in [0.15, 0.2) is 30.5 Å². The van der Waals surface area contributed by atoms with Crippen LogP contribution in [0.1, 0.15) is 61.7 Å². The normalized spacial score (nSPS) is 21.6. The average Bonchev–Trinajstić information content (AvgIpc) is 3.24. The predicted octanol–water partition coefficient (Wildman–Crippen LogP) is 2.30. The fourth-order valence-corrected chi connectivity index (χ4v) is 5.41. The topological polar surface area (TPSA) is 139 Å². The summed E-state index contributed by atoms with van der Waals surface area (Å²) < 4.78 is 0. The third kappa shape index (κ3) is 6.75. The summed E-state index contributed by atoms with van der Waals surface area (Å²) in [5.74, 6) is 0.581. The number of amides is 2. The Hall–Kier alpha value is -3.07. The highest BCUT2D eigenvalue weighted by Crippen LogP contribution is 2.25. The number of carbonyl (C=O) groups excluding carboxylic acids is 2. The van der Waals surface area contributed by atoms with Gasteiger partial charge in [-0.3, -0.25) is 15.0 Å². The van der Waals surface area contributed by atoms with Crippen LogP contribution in [0.2, 0.25) is 0 Å². The number of carbonyl (C=O) groups is 2. The van der Waals surface area contributed by atoms with Crippen molar-refractivity contribution in [2.75, 3.05) is 26.2 Å². The van der Waals surface area contributed by atoms with Crippen molar-refractivity contribution < 1.29 is 9.59 Å². The summed E-state index contributed by atoms with van der Waals surface area (Å²) in [4.78, 5) is 31.6. The lowest BCUT2D eigenvalue weighted by atomic mass is 9.89. The maximum atomic E-state index is 13.4. The van der Waals surface area contributed by atoms with Crippen LogP contribution in [0.3, 0.4) is 0 Å². The van der Waals surface area contributed by atoms with Gasteiger partial charge in [-0.1, -0.05) is 37.5 Å². The van der Waals surface area contributed by atoms with Gasteiger partial charge in [-0.15, -0.1) is 0 Å². The number of nitrogens with zero attached hydrogens (tertiary/aromatic N) is 1. The molecule has 0 spiro atoms. The van der Waals surface area contributed by atoms with Crippen LogP contribution >= 0.6 is 0 Å². The van der Waals surface area contributed by atoms with Crippen LogP contribution < -0.4 is 21.7 Å². The number of aromatic nitrogens is 1. The van der Waals surface area contributed by atoms with E-state index >= 15 is 0 Å². The number of guanidine groups is 1. The number of fused-ring (bicyclic) bond motifs is 1. The molecule has 7 N–H and O–H groups in total. The minimum absolute atomic E-state index is 0.00947. The molecule has 9 heteroatoms. The fourth-order valence-electron chi connectivity index (χ4n) is 5.41. The zero-order valence-corrected chi connectivity index (χ0v) is 20.4. The van der Waals surface area contributed by atoms with Crippen LogP contribution in [0.4, 0.5) is 0 Å². The summed E-state index contributed by atoms with van der Waals surface area (Å²) in [5.41, 5.74) is 6.97. The third-order valence-corrected chi connectivity index (χ3v) is 7.33. The Balaban J connectivity index is 1.38. The molecule has 190 valence electrons. The highest BCUT2D eigenvalue weighted by molar-refractivity contribution is 6.06. The number of para-hydroxylation sites is 1. The standard InChI is InChI=1S/C26H39N7O2/c27-26(28)29-13-6-11-23-25(35)33(17-18-7-2-1-3-8-18)14-12-19(32-23)15-31-24(34)21-16-30-22-10-5-4-9-20(21)22/h4-5,9-10,16,18-19,23,30,32H,1-3,6-8,11-15,17H2,(H,31,34)(H4,27,28,29)/t19-,23+/m0/s1. The molecule has 0 unspecified atom stereocenters. The van der Waals surface area contributed by atoms with Crippen LogP contribution in [0.5, 0.6) is 0 Å². The minimum Gasteiger partial charge on any atom is -0.370 e. The van der Waals surface area contributed by atoms with Gasteiger partial charge in [-0.25, -0.2) is 0 Å². The van der Waals surface area contributed by atoms with E-state index in [1.807, 2.05) is 29.2 Å². The Bertz CT molecular complexity index is 1010. The lowest BCUT2D eigenvalue weighted by Crippen LogP contribution is -2.49. The summed E-state index contributed by atoms with van der Waals surface area (Å²) in [7, 11) is 0. The lowest BCUT2D eigenvalue weighted by molar-refractivity contribution is -0.133. The maximum Gasteiger partial charge on any atom is 0.253 e. The van der Waals surface area contributed by atoms with E-state index in [2.05, 4.69) is 20.9 Å². The second-order valence-electron chi connectivity index (χ2n) is 9.93. The van der Waals surface area contributed by atoms with Crippen molar-refractivity contribution in [1.29, 1.82) is 5.41 Å². The molecule has 2 fully saturated rings. The smallest absolute Gasteiger partial charge is 0.253 e. The quantitative estimate of drug-likeness (QED) is 0.185. The fraction of sp³-hybridized carbons (Fsp3) is 0.577. The Morgan fingerprint density at radius 2 is 1.94 bits per heavy atom. The summed E-state index contributed by atoms with van der Waals surface area (Å²) in [6, 6.07) is 7.48. The Morgan fingerprint density at radius 1 is 1.14 bits per heavy atom. The van der Waals surface area contributed by atoms with Crippen molar-refractivity contribution in [3.8, 4) is 0 Å². The monoisotopic (exact) mass is 481 g/mol. The van der Waals surface area contributed by atoms with Crippen molar-refractivity contribution in [2.45, 2.75) is 63.5 Å². The lowest BCUT2D eigenvalue weighted by Gasteiger charge is -2.30. The number of nitrogens with two attached hydrogens (primary N) is 1. The molecule has 1 saturated carbocycles. The second-order valence-corrected chi connectivity index (χ2v) is 9.93. The van der Waals surface area contributed by atoms with Crippen LogP contribution in [-0.2, 0) is 4.79 Å². The largest absolute Gasteiger partial charge is 0.370 e. The molecule has 1 aromatic heterocycles. The summed E-state index contributed by atoms with van der Waals surface area (Å²) in [6.45, 7) is 2.56. The van der Waals surface area contributed by atoms with Gasteiger partial charge < -0.3 is 31.6 Å². The first-order chi connectivity index (χ1) is 17.0. The van der Waals surface area contributed by atoms with Gasteiger partial charge in [0.25, 0.3) is 5.91 Å². The van der Waals surface area contributed by atoms with Crippen molar-refractivity contribution in [3.63, 3.8) is 0 Å². The van der Waals surface area contributed by atoms with Crippen molar-refractivity contribution in [3.05, 3.63) is 36.0 Å². The zero-order chi connectivity index (χ0) is 24.6. The number of hydrogen-bond acceptors (Lipinski definition) is 4. The first-order valence-corrected chi connectivity index (χ1v) is 13.0. The zero-order valence-electron chi connectivity index (χ0n) is 20.4. The molecule has 9 nitrogen and oxygen atoms in total. The highest BCUT2D eigenvalue weighted by atomic mass is 16.2. The van der Waals surface area contributed by atoms with Crippen molar-refractivity contribution in [2.24, 2.45) is 11.7 Å². The molecule has 4 rings (SSSR count). The predicted molar refractivity (Wildman–Crippen MR) is 138 cm³/mol. The van der Waals surface area contributed by atoms with E-state index in [1.54, 1.807) is 6.20 Å². The number of nitrogens with one attached hydrogen (secondary N) is 5. The molecule has 1 aliphatic heterocycles. The van der Waals surface area contributed by atoms with Gasteiger partial charge in [0.15, 0.2) is 5.96 Å². The number of H-pyrrole nitrogens is 1. The summed E-state index contributed by atoms with van der Waals surface area (Å²) >= 11 is 0. The molecular weight excluding hydrogens is 442 g/mol. The molecule has 0 radical (unpaired) electrons. The molecule has 1 saturated heterocycles. The molecule has 0 bridgehead atoms. The first kappa shape index (κ1) is 25.0. The van der Waals surface area contributed by atoms with E-state index < -0.39 is 0 Å². The first-order valence-electron chi connectivity index (χ1n) is 13.0. The Morgan fingerprint density at radius 3 is 2.74 bits per heavy atom. The molecule has 2 atom stereocenters. The summed E-state index contributed by atoms with van der Waals surface area (Å²) in [5, 5.41) is 17.7. The SMILES string of the molecule is N=C(N)NCCC[C@H]1N[C@H](CNC(=O)c2c[nH]c3ccccc23)CCN(CC2CCCCC2)C1=O. The molecule has 1 aromatic carbocycles. The minimum atomic E-state index is -0.301. The van der Waals surface area contributed by atoms with Gasteiger partial charge in [0.1, 0.15) is 0 Å². The van der Waals surface area contributed by atoms with Gasteiger partial charge in [0.05, 0.1) is 11.6 Å². The number of rotatable bonds is 9. The van der Waals surface area contributed by atoms with Gasteiger partial charge in [0, 0.05) is 49.3 Å². The van der Waals surface area contributed by atoms with Crippen LogP contribution in [0.25, 0.3) is 10.9 Å². The van der Waals surface area contributed by atoms with E-state index in [1.165, 1.54) is 32.1 Å². The number of hydrogen-bond donors (Lipinski definition) is 6. The molecular formula is C26H39N7O2. The molecule has 35 heavy (non-hydrogen) atoms. The van der Waals surface area contributed by atoms with Crippen LogP contribution in [0, 0.1) is 11.3 Å². The van der Waals surface area contributed by atoms with Gasteiger partial charge >= 0.3 is 0 Å². The van der Waals surface area contributed by atoms with Gasteiger partial charge in [0.2, 0.25) is 5.91 Å². The molecule has 2 amide bonds. The number of benzene rings is 1. The van der Waals surface area contributed by atoms with Gasteiger partial charge in [-0.2, -0.15) is 0 Å². The Kier molecular flexibility index (Phi) is 8.63. The van der Waals surface area contributed by atoms with E-state index in [-0.39, 0.29) is 29.9 Å². The van der Waals surface area contributed by atoms with Crippen molar-refractivity contribution >= 4 is 28.7 Å². The van der Waals surface area contributed by atoms with E-state index in [0.29, 0.717) is 37.5 Å². The molecule has 2 heterocycles. The maximum absolute atomic E-state index is 13.4.